The first-order chi connectivity index (χ1) is 9.53. The van der Waals surface area contributed by atoms with E-state index in [9.17, 15) is 8.42 Å². The Hall–Kier alpha value is -0.950. The molecule has 3 N–H and O–H groups in total. The predicted molar refractivity (Wildman–Crippen MR) is 79.9 cm³/mol. The van der Waals surface area contributed by atoms with Crippen molar-refractivity contribution < 1.29 is 8.42 Å². The molecule has 112 valence electrons. The maximum absolute atomic E-state index is 12.3. The summed E-state index contributed by atoms with van der Waals surface area (Å²) in [5.41, 5.74) is 7.24. The molecule has 1 saturated heterocycles. The molecule has 0 aromatic heterocycles. The molecular formula is C14H23N3O2S. The summed E-state index contributed by atoms with van der Waals surface area (Å²) < 4.78 is 27.2. The molecule has 1 aliphatic rings. The molecule has 1 fully saturated rings. The van der Waals surface area contributed by atoms with Crippen LogP contribution in [0.3, 0.4) is 0 Å². The molecule has 2 rings (SSSR count). The Morgan fingerprint density at radius 1 is 1.30 bits per heavy atom. The maximum Gasteiger partial charge on any atom is 0.240 e. The van der Waals surface area contributed by atoms with Crippen LogP contribution in [0.2, 0.25) is 0 Å². The quantitative estimate of drug-likeness (QED) is 0.815. The number of benzene rings is 1. The van der Waals surface area contributed by atoms with Crippen LogP contribution in [-0.4, -0.2) is 39.5 Å². The second-order valence-electron chi connectivity index (χ2n) is 5.25. The van der Waals surface area contributed by atoms with Crippen LogP contribution in [0.4, 0.5) is 0 Å². The molecule has 1 aromatic carbocycles. The molecule has 0 saturated carbocycles. The van der Waals surface area contributed by atoms with E-state index in [1.54, 1.807) is 19.1 Å². The first-order valence-corrected chi connectivity index (χ1v) is 8.53. The normalized spacial score (nSPS) is 16.7. The fourth-order valence-corrected chi connectivity index (χ4v) is 3.81. The van der Waals surface area contributed by atoms with Gasteiger partial charge in [0.15, 0.2) is 0 Å². The molecule has 1 aromatic rings. The van der Waals surface area contributed by atoms with E-state index in [2.05, 4.69) is 9.62 Å². The van der Waals surface area contributed by atoms with E-state index < -0.39 is 10.0 Å². The molecule has 0 bridgehead atoms. The minimum absolute atomic E-state index is 0.344. The standard InChI is InChI=1S/C14H23N3O2S/c1-12-10-13(11-15)4-5-14(12)20(18,19)16-6-9-17-7-2-3-8-17/h4-5,10,16H,2-3,6-9,11,15H2,1H3. The number of nitrogens with two attached hydrogens (primary N) is 1. The lowest BCUT2D eigenvalue weighted by molar-refractivity contribution is 0.344. The number of hydrogen-bond donors (Lipinski definition) is 2. The number of nitrogens with zero attached hydrogens (tertiary/aromatic N) is 1. The molecular weight excluding hydrogens is 274 g/mol. The van der Waals surface area contributed by atoms with Crippen LogP contribution in [0, 0.1) is 6.92 Å². The van der Waals surface area contributed by atoms with Crippen molar-refractivity contribution in [1.29, 1.82) is 0 Å². The minimum Gasteiger partial charge on any atom is -0.326 e. The summed E-state index contributed by atoms with van der Waals surface area (Å²) >= 11 is 0. The molecule has 5 nitrogen and oxygen atoms in total. The van der Waals surface area contributed by atoms with Gasteiger partial charge in [-0.1, -0.05) is 12.1 Å². The summed E-state index contributed by atoms with van der Waals surface area (Å²) in [4.78, 5) is 2.63. The molecule has 0 amide bonds. The van der Waals surface area contributed by atoms with Crippen molar-refractivity contribution in [2.75, 3.05) is 26.2 Å². The SMILES string of the molecule is Cc1cc(CN)ccc1S(=O)(=O)NCCN1CCCC1. The van der Waals surface area contributed by atoms with Crippen LogP contribution in [0.1, 0.15) is 24.0 Å². The molecule has 6 heteroatoms. The van der Waals surface area contributed by atoms with Gasteiger partial charge in [-0.3, -0.25) is 0 Å². The summed E-state index contributed by atoms with van der Waals surface area (Å²) in [6.07, 6.45) is 2.43. The van der Waals surface area contributed by atoms with Crippen molar-refractivity contribution in [3.63, 3.8) is 0 Å². The van der Waals surface area contributed by atoms with Crippen LogP contribution in [-0.2, 0) is 16.6 Å². The zero-order valence-corrected chi connectivity index (χ0v) is 12.7. The fourth-order valence-electron chi connectivity index (χ4n) is 2.56. The zero-order chi connectivity index (χ0) is 14.6. The van der Waals surface area contributed by atoms with E-state index >= 15 is 0 Å². The molecule has 1 aliphatic heterocycles. The lowest BCUT2D eigenvalue weighted by Crippen LogP contribution is -2.33. The van der Waals surface area contributed by atoms with Crippen LogP contribution >= 0.6 is 0 Å². The topological polar surface area (TPSA) is 75.4 Å². The Kier molecular flexibility index (Phi) is 5.15. The van der Waals surface area contributed by atoms with Crippen molar-refractivity contribution in [3.05, 3.63) is 29.3 Å². The van der Waals surface area contributed by atoms with Crippen LogP contribution in [0.25, 0.3) is 0 Å². The van der Waals surface area contributed by atoms with Crippen LogP contribution in [0.5, 0.6) is 0 Å². The number of hydrogen-bond acceptors (Lipinski definition) is 4. The number of sulfonamides is 1. The highest BCUT2D eigenvalue weighted by atomic mass is 32.2. The summed E-state index contributed by atoms with van der Waals surface area (Å²) in [5, 5.41) is 0. The van der Waals surface area contributed by atoms with Gasteiger partial charge in [0.05, 0.1) is 4.90 Å². The van der Waals surface area contributed by atoms with Crippen molar-refractivity contribution in [3.8, 4) is 0 Å². The van der Waals surface area contributed by atoms with E-state index in [0.29, 0.717) is 18.0 Å². The number of aryl methyl sites for hydroxylation is 1. The number of rotatable bonds is 6. The van der Waals surface area contributed by atoms with Crippen LogP contribution < -0.4 is 10.5 Å². The second kappa shape index (κ2) is 6.67. The van der Waals surface area contributed by atoms with Gasteiger partial charge in [-0.25, -0.2) is 13.1 Å². The van der Waals surface area contributed by atoms with Gasteiger partial charge in [0.1, 0.15) is 0 Å². The van der Waals surface area contributed by atoms with Gasteiger partial charge in [-0.2, -0.15) is 0 Å². The molecule has 1 heterocycles. The first-order valence-electron chi connectivity index (χ1n) is 7.04. The first kappa shape index (κ1) is 15.4. The lowest BCUT2D eigenvalue weighted by Gasteiger charge is -2.15. The van der Waals surface area contributed by atoms with Gasteiger partial charge in [0, 0.05) is 19.6 Å². The largest absolute Gasteiger partial charge is 0.326 e. The van der Waals surface area contributed by atoms with Gasteiger partial charge in [0.2, 0.25) is 10.0 Å². The Bertz CT molecular complexity index is 552. The van der Waals surface area contributed by atoms with Crippen LogP contribution in [0.15, 0.2) is 23.1 Å². The number of nitrogens with one attached hydrogen (secondary N) is 1. The van der Waals surface area contributed by atoms with E-state index in [1.807, 2.05) is 6.07 Å². The lowest BCUT2D eigenvalue weighted by atomic mass is 10.1. The summed E-state index contributed by atoms with van der Waals surface area (Å²) in [7, 11) is -3.43. The average Bonchev–Trinajstić information content (AvgIpc) is 2.91. The molecule has 0 atom stereocenters. The van der Waals surface area contributed by atoms with E-state index in [0.717, 1.165) is 30.8 Å². The van der Waals surface area contributed by atoms with Crippen molar-refractivity contribution in [2.24, 2.45) is 5.73 Å². The molecule has 20 heavy (non-hydrogen) atoms. The molecule has 0 spiro atoms. The average molecular weight is 297 g/mol. The Labute approximate surface area is 121 Å². The third-order valence-electron chi connectivity index (χ3n) is 3.68. The third-order valence-corrected chi connectivity index (χ3v) is 5.30. The van der Waals surface area contributed by atoms with E-state index in [4.69, 9.17) is 5.73 Å². The van der Waals surface area contributed by atoms with Crippen molar-refractivity contribution >= 4 is 10.0 Å². The number of likely N-dealkylation sites (tertiary alicyclic amines) is 1. The van der Waals surface area contributed by atoms with Crippen molar-refractivity contribution in [1.82, 2.24) is 9.62 Å². The second-order valence-corrected chi connectivity index (χ2v) is 6.99. The summed E-state index contributed by atoms with van der Waals surface area (Å²) in [5.74, 6) is 0. The minimum atomic E-state index is -3.43. The smallest absolute Gasteiger partial charge is 0.240 e. The van der Waals surface area contributed by atoms with Gasteiger partial charge in [0.25, 0.3) is 0 Å². The highest BCUT2D eigenvalue weighted by Crippen LogP contribution is 2.16. The van der Waals surface area contributed by atoms with Gasteiger partial charge in [-0.05, 0) is 50.0 Å². The van der Waals surface area contributed by atoms with Crippen molar-refractivity contribution in [2.45, 2.75) is 31.2 Å². The van der Waals surface area contributed by atoms with E-state index in [-0.39, 0.29) is 0 Å². The Morgan fingerprint density at radius 2 is 2.00 bits per heavy atom. The maximum atomic E-state index is 12.3. The monoisotopic (exact) mass is 297 g/mol. The Balaban J connectivity index is 1.98. The Morgan fingerprint density at radius 3 is 2.60 bits per heavy atom. The van der Waals surface area contributed by atoms with Gasteiger partial charge < -0.3 is 10.6 Å². The molecule has 0 aliphatic carbocycles. The highest BCUT2D eigenvalue weighted by molar-refractivity contribution is 7.89. The molecule has 0 radical (unpaired) electrons. The summed E-state index contributed by atoms with van der Waals surface area (Å²) in [6.45, 7) is 5.61. The third kappa shape index (κ3) is 3.79. The van der Waals surface area contributed by atoms with Gasteiger partial charge >= 0.3 is 0 Å². The predicted octanol–water partition coefficient (Wildman–Crippen LogP) is 0.828. The van der Waals surface area contributed by atoms with E-state index in [1.165, 1.54) is 12.8 Å². The highest BCUT2D eigenvalue weighted by Gasteiger charge is 2.17. The fraction of sp³-hybridized carbons (Fsp3) is 0.571. The molecule has 0 unspecified atom stereocenters. The van der Waals surface area contributed by atoms with Gasteiger partial charge in [-0.15, -0.1) is 0 Å². The summed E-state index contributed by atoms with van der Waals surface area (Å²) in [6, 6.07) is 5.23. The zero-order valence-electron chi connectivity index (χ0n) is 11.9.